The Bertz CT molecular complexity index is 382. The molecule has 0 saturated carbocycles. The molecular formula is C14H23BrCl2N2O. The lowest BCUT2D eigenvalue weighted by Gasteiger charge is -2.30. The van der Waals surface area contributed by atoms with Gasteiger partial charge in [0.25, 0.3) is 0 Å². The van der Waals surface area contributed by atoms with E-state index in [-0.39, 0.29) is 24.8 Å². The normalized spacial score (nSPS) is 18.8. The summed E-state index contributed by atoms with van der Waals surface area (Å²) in [5.41, 5.74) is 5.96. The molecule has 1 atom stereocenters. The van der Waals surface area contributed by atoms with Crippen molar-refractivity contribution in [3.8, 4) is 5.75 Å². The summed E-state index contributed by atoms with van der Waals surface area (Å²) in [6, 6.07) is 8.33. The molecule has 1 fully saturated rings. The van der Waals surface area contributed by atoms with E-state index < -0.39 is 0 Å². The third kappa shape index (κ3) is 6.64. The van der Waals surface area contributed by atoms with Gasteiger partial charge in [0.15, 0.2) is 0 Å². The van der Waals surface area contributed by atoms with E-state index in [1.807, 2.05) is 24.3 Å². The van der Waals surface area contributed by atoms with E-state index in [0.717, 1.165) is 36.3 Å². The van der Waals surface area contributed by atoms with Crippen molar-refractivity contribution >= 4 is 40.7 Å². The van der Waals surface area contributed by atoms with E-state index in [2.05, 4.69) is 20.8 Å². The predicted molar refractivity (Wildman–Crippen MR) is 92.4 cm³/mol. The van der Waals surface area contributed by atoms with Gasteiger partial charge in [-0.15, -0.1) is 24.8 Å². The highest BCUT2D eigenvalue weighted by atomic mass is 79.9. The highest BCUT2D eigenvalue weighted by Gasteiger charge is 2.15. The van der Waals surface area contributed by atoms with Crippen molar-refractivity contribution < 1.29 is 4.74 Å². The maximum Gasteiger partial charge on any atom is 0.133 e. The van der Waals surface area contributed by atoms with Crippen LogP contribution in [-0.2, 0) is 0 Å². The molecule has 0 bridgehead atoms. The molecule has 0 unspecified atom stereocenters. The summed E-state index contributed by atoms with van der Waals surface area (Å²) < 4.78 is 6.77. The van der Waals surface area contributed by atoms with Gasteiger partial charge in [-0.3, -0.25) is 0 Å². The SMILES string of the molecule is Cl.Cl.N[C@@H]1CCCN(CCCOc2ccccc2Br)C1. The third-order valence-corrected chi connectivity index (χ3v) is 3.91. The minimum absolute atomic E-state index is 0. The Kier molecular flexibility index (Phi) is 10.7. The summed E-state index contributed by atoms with van der Waals surface area (Å²) in [6.07, 6.45) is 3.45. The molecule has 2 rings (SSSR count). The molecule has 3 nitrogen and oxygen atoms in total. The van der Waals surface area contributed by atoms with Crippen LogP contribution >= 0.6 is 40.7 Å². The number of ether oxygens (including phenoxy) is 1. The molecule has 116 valence electrons. The zero-order valence-electron chi connectivity index (χ0n) is 11.5. The number of benzene rings is 1. The molecule has 6 heteroatoms. The molecule has 1 heterocycles. The lowest BCUT2D eigenvalue weighted by Crippen LogP contribution is -2.43. The molecule has 0 radical (unpaired) electrons. The summed E-state index contributed by atoms with van der Waals surface area (Å²) in [6.45, 7) is 4.06. The summed E-state index contributed by atoms with van der Waals surface area (Å²) in [4.78, 5) is 2.44. The first-order valence-corrected chi connectivity index (χ1v) is 7.40. The smallest absolute Gasteiger partial charge is 0.133 e. The van der Waals surface area contributed by atoms with Crippen LogP contribution in [0.2, 0.25) is 0 Å². The number of hydrogen-bond acceptors (Lipinski definition) is 3. The number of rotatable bonds is 5. The van der Waals surface area contributed by atoms with Crippen molar-refractivity contribution in [1.29, 1.82) is 0 Å². The highest BCUT2D eigenvalue weighted by molar-refractivity contribution is 9.10. The Morgan fingerprint density at radius 3 is 2.75 bits per heavy atom. The molecule has 1 aromatic rings. The monoisotopic (exact) mass is 384 g/mol. The second-order valence-corrected chi connectivity index (χ2v) is 5.69. The first kappa shape index (κ1) is 20.0. The Balaban J connectivity index is 0.00000180. The van der Waals surface area contributed by atoms with Crippen LogP contribution in [0.4, 0.5) is 0 Å². The van der Waals surface area contributed by atoms with Crippen LogP contribution in [0.1, 0.15) is 19.3 Å². The quantitative estimate of drug-likeness (QED) is 0.788. The second-order valence-electron chi connectivity index (χ2n) is 4.84. The lowest BCUT2D eigenvalue weighted by atomic mass is 10.1. The van der Waals surface area contributed by atoms with Crippen molar-refractivity contribution in [3.05, 3.63) is 28.7 Å². The molecule has 2 N–H and O–H groups in total. The number of nitrogens with two attached hydrogens (primary N) is 1. The van der Waals surface area contributed by atoms with Gasteiger partial charge in [-0.2, -0.15) is 0 Å². The molecule has 0 aliphatic carbocycles. The summed E-state index contributed by atoms with van der Waals surface area (Å²) in [7, 11) is 0. The van der Waals surface area contributed by atoms with E-state index in [1.54, 1.807) is 0 Å². The van der Waals surface area contributed by atoms with Crippen LogP contribution in [-0.4, -0.2) is 37.2 Å². The predicted octanol–water partition coefficient (Wildman–Crippen LogP) is 3.48. The van der Waals surface area contributed by atoms with Crippen LogP contribution in [0.5, 0.6) is 5.75 Å². The van der Waals surface area contributed by atoms with E-state index in [9.17, 15) is 0 Å². The van der Waals surface area contributed by atoms with E-state index in [4.69, 9.17) is 10.5 Å². The minimum Gasteiger partial charge on any atom is -0.492 e. The topological polar surface area (TPSA) is 38.5 Å². The van der Waals surface area contributed by atoms with Crippen LogP contribution in [0, 0.1) is 0 Å². The summed E-state index contributed by atoms with van der Waals surface area (Å²) in [5.74, 6) is 0.924. The Hall–Kier alpha value is -0.000000000000000111. The first-order chi connectivity index (χ1) is 8.75. The molecular weight excluding hydrogens is 363 g/mol. The molecule has 1 saturated heterocycles. The van der Waals surface area contributed by atoms with Crippen LogP contribution in [0.3, 0.4) is 0 Å². The number of para-hydroxylation sites is 1. The van der Waals surface area contributed by atoms with Crippen molar-refractivity contribution in [3.63, 3.8) is 0 Å². The van der Waals surface area contributed by atoms with Crippen molar-refractivity contribution in [2.45, 2.75) is 25.3 Å². The summed E-state index contributed by atoms with van der Waals surface area (Å²) in [5, 5.41) is 0. The number of likely N-dealkylation sites (tertiary alicyclic amines) is 1. The highest BCUT2D eigenvalue weighted by Crippen LogP contribution is 2.23. The van der Waals surface area contributed by atoms with Gasteiger partial charge in [0.05, 0.1) is 11.1 Å². The molecule has 20 heavy (non-hydrogen) atoms. The molecule has 1 aromatic carbocycles. The van der Waals surface area contributed by atoms with E-state index in [1.165, 1.54) is 19.4 Å². The zero-order chi connectivity index (χ0) is 12.8. The van der Waals surface area contributed by atoms with E-state index in [0.29, 0.717) is 6.04 Å². The van der Waals surface area contributed by atoms with Crippen molar-refractivity contribution in [2.75, 3.05) is 26.2 Å². The average Bonchev–Trinajstić information content (AvgIpc) is 2.37. The van der Waals surface area contributed by atoms with E-state index >= 15 is 0 Å². The average molecular weight is 386 g/mol. The van der Waals surface area contributed by atoms with Gasteiger partial charge in [-0.05, 0) is 53.9 Å². The standard InChI is InChI=1S/C14H21BrN2O.2ClH/c15-13-6-1-2-7-14(13)18-10-4-9-17-8-3-5-12(16)11-17;;/h1-2,6-7,12H,3-5,8-11,16H2;2*1H/t12-;;/m1../s1. The molecule has 1 aliphatic heterocycles. The van der Waals surface area contributed by atoms with Crippen molar-refractivity contribution in [1.82, 2.24) is 4.90 Å². The molecule has 0 spiro atoms. The Morgan fingerprint density at radius 2 is 2.05 bits per heavy atom. The fourth-order valence-electron chi connectivity index (χ4n) is 2.33. The fraction of sp³-hybridized carbons (Fsp3) is 0.571. The number of piperidine rings is 1. The van der Waals surface area contributed by atoms with Gasteiger partial charge >= 0.3 is 0 Å². The fourth-order valence-corrected chi connectivity index (χ4v) is 2.73. The zero-order valence-corrected chi connectivity index (χ0v) is 14.7. The molecule has 0 amide bonds. The molecule has 0 aromatic heterocycles. The minimum atomic E-state index is 0. The number of hydrogen-bond donors (Lipinski definition) is 1. The largest absolute Gasteiger partial charge is 0.492 e. The van der Waals surface area contributed by atoms with Crippen molar-refractivity contribution in [2.24, 2.45) is 5.73 Å². The maximum absolute atomic E-state index is 5.96. The van der Waals surface area contributed by atoms with Gasteiger partial charge in [-0.1, -0.05) is 12.1 Å². The lowest BCUT2D eigenvalue weighted by molar-refractivity contribution is 0.190. The van der Waals surface area contributed by atoms with Crippen LogP contribution in [0.15, 0.2) is 28.7 Å². The van der Waals surface area contributed by atoms with Gasteiger partial charge in [0.2, 0.25) is 0 Å². The van der Waals surface area contributed by atoms with Gasteiger partial charge in [0, 0.05) is 19.1 Å². The second kappa shape index (κ2) is 10.7. The van der Waals surface area contributed by atoms with Crippen LogP contribution < -0.4 is 10.5 Å². The van der Waals surface area contributed by atoms with Gasteiger partial charge in [-0.25, -0.2) is 0 Å². The number of nitrogens with zero attached hydrogens (tertiary/aromatic N) is 1. The Labute approximate surface area is 142 Å². The molecule has 1 aliphatic rings. The number of halogens is 3. The summed E-state index contributed by atoms with van der Waals surface area (Å²) >= 11 is 3.48. The third-order valence-electron chi connectivity index (χ3n) is 3.25. The maximum atomic E-state index is 5.96. The Morgan fingerprint density at radius 1 is 1.30 bits per heavy atom. The van der Waals surface area contributed by atoms with Crippen LogP contribution in [0.25, 0.3) is 0 Å². The van der Waals surface area contributed by atoms with Gasteiger partial charge in [0.1, 0.15) is 5.75 Å². The van der Waals surface area contributed by atoms with Gasteiger partial charge < -0.3 is 15.4 Å². The first-order valence-electron chi connectivity index (χ1n) is 6.61.